The highest BCUT2D eigenvalue weighted by Crippen LogP contribution is 2.31. The van der Waals surface area contributed by atoms with Crippen LogP contribution in [0.15, 0.2) is 65.1 Å². The highest BCUT2D eigenvalue weighted by Gasteiger charge is 2.17. The summed E-state index contributed by atoms with van der Waals surface area (Å²) in [6, 6.07) is 18.9. The van der Waals surface area contributed by atoms with Crippen molar-refractivity contribution in [2.75, 3.05) is 27.9 Å². The molecule has 0 aliphatic carbocycles. The van der Waals surface area contributed by atoms with Crippen molar-refractivity contribution >= 4 is 16.7 Å². The summed E-state index contributed by atoms with van der Waals surface area (Å²) in [6.07, 6.45) is 0. The van der Waals surface area contributed by atoms with Gasteiger partial charge < -0.3 is 23.5 Å². The minimum absolute atomic E-state index is 0.0961. The van der Waals surface area contributed by atoms with E-state index >= 15 is 0 Å². The first-order chi connectivity index (χ1) is 15.6. The zero-order valence-corrected chi connectivity index (χ0v) is 18.1. The number of fused-ring (bicyclic) bond motifs is 1. The van der Waals surface area contributed by atoms with E-state index in [0.717, 1.165) is 10.8 Å². The molecule has 0 unspecified atom stereocenters. The molecule has 1 aromatic heterocycles. The average Bonchev–Trinajstić information content (AvgIpc) is 3.30. The molecule has 0 N–H and O–H groups in total. The Morgan fingerprint density at radius 3 is 2.53 bits per heavy atom. The van der Waals surface area contributed by atoms with E-state index in [4.69, 9.17) is 18.6 Å². The Balaban J connectivity index is 1.39. The minimum Gasteiger partial charge on any atom is -0.493 e. The third kappa shape index (κ3) is 4.49. The van der Waals surface area contributed by atoms with Crippen LogP contribution in [0.25, 0.3) is 22.2 Å². The summed E-state index contributed by atoms with van der Waals surface area (Å²) >= 11 is 0. The molecule has 4 rings (SSSR count). The number of benzene rings is 3. The molecule has 4 aromatic rings. The number of ether oxygens (including phenoxy) is 3. The predicted molar refractivity (Wildman–Crippen MR) is 119 cm³/mol. The molecule has 0 saturated heterocycles. The van der Waals surface area contributed by atoms with Crippen molar-refractivity contribution in [2.45, 2.75) is 6.54 Å². The molecule has 0 aliphatic heterocycles. The van der Waals surface area contributed by atoms with Crippen molar-refractivity contribution in [2.24, 2.45) is 0 Å². The Morgan fingerprint density at radius 2 is 1.72 bits per heavy atom. The topological polar surface area (TPSA) is 86.9 Å². The van der Waals surface area contributed by atoms with Gasteiger partial charge in [-0.05, 0) is 29.7 Å². The molecule has 0 saturated carbocycles. The molecule has 1 heterocycles. The van der Waals surface area contributed by atoms with Crippen molar-refractivity contribution in [1.82, 2.24) is 15.1 Å². The van der Waals surface area contributed by atoms with Crippen LogP contribution in [0.3, 0.4) is 0 Å². The van der Waals surface area contributed by atoms with Crippen LogP contribution in [0, 0.1) is 0 Å². The molecule has 0 radical (unpaired) electrons. The van der Waals surface area contributed by atoms with Crippen LogP contribution in [0.1, 0.15) is 5.89 Å². The third-order valence-corrected chi connectivity index (χ3v) is 5.00. The lowest BCUT2D eigenvalue weighted by Crippen LogP contribution is -2.31. The smallest absolute Gasteiger partial charge is 0.260 e. The summed E-state index contributed by atoms with van der Waals surface area (Å²) < 4.78 is 22.1. The number of rotatable bonds is 8. The largest absolute Gasteiger partial charge is 0.493 e. The number of carbonyl (C=O) groups is 1. The van der Waals surface area contributed by atoms with E-state index in [9.17, 15) is 4.79 Å². The van der Waals surface area contributed by atoms with Gasteiger partial charge >= 0.3 is 0 Å². The Bertz CT molecular complexity index is 1230. The van der Waals surface area contributed by atoms with Crippen LogP contribution in [-0.4, -0.2) is 48.9 Å². The number of hydrogen-bond donors (Lipinski definition) is 0. The van der Waals surface area contributed by atoms with Crippen LogP contribution in [-0.2, 0) is 11.3 Å². The lowest BCUT2D eigenvalue weighted by molar-refractivity contribution is -0.132. The van der Waals surface area contributed by atoms with Crippen LogP contribution in [0.4, 0.5) is 0 Å². The van der Waals surface area contributed by atoms with Gasteiger partial charge in [0, 0.05) is 18.0 Å². The van der Waals surface area contributed by atoms with Crippen molar-refractivity contribution in [1.29, 1.82) is 0 Å². The minimum atomic E-state index is -0.205. The molecule has 0 fully saturated rings. The molecule has 0 atom stereocenters. The van der Waals surface area contributed by atoms with Crippen molar-refractivity contribution in [3.63, 3.8) is 0 Å². The summed E-state index contributed by atoms with van der Waals surface area (Å²) in [4.78, 5) is 14.1. The van der Waals surface area contributed by atoms with Gasteiger partial charge in [0.1, 0.15) is 5.75 Å². The molecule has 8 heteroatoms. The van der Waals surface area contributed by atoms with E-state index in [1.54, 1.807) is 39.5 Å². The highest BCUT2D eigenvalue weighted by atomic mass is 16.5. The molecule has 0 aliphatic rings. The van der Waals surface area contributed by atoms with Gasteiger partial charge in [0.05, 0.1) is 20.8 Å². The molecule has 8 nitrogen and oxygen atoms in total. The molecular formula is C24H23N3O5. The molecule has 3 aromatic carbocycles. The molecule has 32 heavy (non-hydrogen) atoms. The first kappa shape index (κ1) is 21.2. The summed E-state index contributed by atoms with van der Waals surface area (Å²) in [7, 11) is 4.79. The Morgan fingerprint density at radius 1 is 0.938 bits per heavy atom. The van der Waals surface area contributed by atoms with Gasteiger partial charge in [0.15, 0.2) is 18.1 Å². The summed E-state index contributed by atoms with van der Waals surface area (Å²) in [5.74, 6) is 2.27. The number of nitrogens with zero attached hydrogens (tertiary/aromatic N) is 3. The fourth-order valence-electron chi connectivity index (χ4n) is 3.27. The maximum atomic E-state index is 12.6. The second-order valence-electron chi connectivity index (χ2n) is 7.09. The lowest BCUT2D eigenvalue weighted by atomic mass is 10.1. The number of amides is 1. The van der Waals surface area contributed by atoms with Gasteiger partial charge in [-0.2, -0.15) is 0 Å². The predicted octanol–water partition coefficient (Wildman–Crippen LogP) is 3.94. The van der Waals surface area contributed by atoms with Crippen LogP contribution < -0.4 is 14.2 Å². The van der Waals surface area contributed by atoms with Gasteiger partial charge in [0.25, 0.3) is 5.91 Å². The maximum absolute atomic E-state index is 12.6. The van der Waals surface area contributed by atoms with E-state index in [1.807, 2.05) is 42.5 Å². The number of aromatic nitrogens is 2. The van der Waals surface area contributed by atoms with E-state index in [-0.39, 0.29) is 19.1 Å². The van der Waals surface area contributed by atoms with Gasteiger partial charge in [-0.15, -0.1) is 10.2 Å². The molecule has 164 valence electrons. The van der Waals surface area contributed by atoms with E-state index < -0.39 is 0 Å². The fraction of sp³-hybridized carbons (Fsp3) is 0.208. The molecule has 1 amide bonds. The number of methoxy groups -OCH3 is 2. The van der Waals surface area contributed by atoms with Gasteiger partial charge in [-0.25, -0.2) is 0 Å². The SMILES string of the molecule is COc1ccc(-c2nnc(CN(C)C(=O)COc3cccc4ccccc34)o2)cc1OC. The Kier molecular flexibility index (Phi) is 6.21. The lowest BCUT2D eigenvalue weighted by Gasteiger charge is -2.16. The zero-order chi connectivity index (χ0) is 22.5. The molecular weight excluding hydrogens is 410 g/mol. The van der Waals surface area contributed by atoms with Gasteiger partial charge in [0.2, 0.25) is 11.8 Å². The maximum Gasteiger partial charge on any atom is 0.260 e. The Hall–Kier alpha value is -4.07. The first-order valence-electron chi connectivity index (χ1n) is 9.98. The van der Waals surface area contributed by atoms with Crippen LogP contribution in [0.5, 0.6) is 17.2 Å². The standard InChI is InChI=1S/C24H23N3O5/c1-27(23(28)15-31-19-10-6-8-16-7-4-5-9-18(16)19)14-22-25-26-24(32-22)17-11-12-20(29-2)21(13-17)30-3/h4-13H,14-15H2,1-3H3. The van der Waals surface area contributed by atoms with Gasteiger partial charge in [-0.1, -0.05) is 36.4 Å². The second-order valence-corrected chi connectivity index (χ2v) is 7.09. The highest BCUT2D eigenvalue weighted by molar-refractivity contribution is 5.88. The average molecular weight is 433 g/mol. The molecule has 0 bridgehead atoms. The van der Waals surface area contributed by atoms with Crippen LogP contribution in [0.2, 0.25) is 0 Å². The quantitative estimate of drug-likeness (QED) is 0.416. The summed E-state index contributed by atoms with van der Waals surface area (Å²) in [5.41, 5.74) is 0.690. The summed E-state index contributed by atoms with van der Waals surface area (Å²) in [5, 5.41) is 10.1. The number of likely N-dealkylation sites (N-methyl/N-ethyl adjacent to an activating group) is 1. The number of hydrogen-bond acceptors (Lipinski definition) is 7. The van der Waals surface area contributed by atoms with Crippen molar-refractivity contribution in [3.05, 3.63) is 66.6 Å². The van der Waals surface area contributed by atoms with E-state index in [0.29, 0.717) is 34.6 Å². The first-order valence-corrected chi connectivity index (χ1v) is 9.98. The normalized spacial score (nSPS) is 10.7. The third-order valence-electron chi connectivity index (χ3n) is 5.00. The Labute approximate surface area is 185 Å². The number of carbonyl (C=O) groups excluding carboxylic acids is 1. The van der Waals surface area contributed by atoms with Crippen molar-refractivity contribution in [3.8, 4) is 28.7 Å². The van der Waals surface area contributed by atoms with E-state index in [1.165, 1.54) is 4.90 Å². The van der Waals surface area contributed by atoms with E-state index in [2.05, 4.69) is 10.2 Å². The second kappa shape index (κ2) is 9.38. The fourth-order valence-corrected chi connectivity index (χ4v) is 3.27. The van der Waals surface area contributed by atoms with Gasteiger partial charge in [-0.3, -0.25) is 4.79 Å². The monoisotopic (exact) mass is 433 g/mol. The summed E-state index contributed by atoms with van der Waals surface area (Å²) in [6.45, 7) is 0.0687. The van der Waals surface area contributed by atoms with Crippen molar-refractivity contribution < 1.29 is 23.4 Å². The van der Waals surface area contributed by atoms with Crippen LogP contribution >= 0.6 is 0 Å². The zero-order valence-electron chi connectivity index (χ0n) is 18.1. The molecule has 0 spiro atoms.